The number of hydrogen-bond donors (Lipinski definition) is 2. The first-order valence-corrected chi connectivity index (χ1v) is 9.42. The fourth-order valence-corrected chi connectivity index (χ4v) is 2.22. The molecule has 0 spiro atoms. The summed E-state index contributed by atoms with van der Waals surface area (Å²) < 4.78 is 16.7. The summed E-state index contributed by atoms with van der Waals surface area (Å²) in [6, 6.07) is 5.97. The Morgan fingerprint density at radius 3 is 2.52 bits per heavy atom. The van der Waals surface area contributed by atoms with E-state index in [9.17, 15) is 0 Å². The third-order valence-corrected chi connectivity index (χ3v) is 3.75. The zero-order valence-electron chi connectivity index (χ0n) is 17.3. The van der Waals surface area contributed by atoms with Crippen LogP contribution in [0.25, 0.3) is 0 Å². The van der Waals surface area contributed by atoms with Crippen LogP contribution in [0, 0.1) is 5.92 Å². The molecule has 1 rings (SSSR count). The molecule has 0 aromatic heterocycles. The van der Waals surface area contributed by atoms with Crippen LogP contribution in [0.4, 0.5) is 0 Å². The third kappa shape index (κ3) is 11.3. The minimum absolute atomic E-state index is 0. The van der Waals surface area contributed by atoms with Gasteiger partial charge in [-0.25, -0.2) is 0 Å². The zero-order valence-corrected chi connectivity index (χ0v) is 19.7. The van der Waals surface area contributed by atoms with Crippen LogP contribution in [0.3, 0.4) is 0 Å². The molecule has 0 bridgehead atoms. The first-order chi connectivity index (χ1) is 12.6. The Hall–Kier alpha value is -1.22. The predicted molar refractivity (Wildman–Crippen MR) is 123 cm³/mol. The minimum Gasteiger partial charge on any atom is -0.493 e. The Bertz CT molecular complexity index is 539. The summed E-state index contributed by atoms with van der Waals surface area (Å²) in [5.74, 6) is 2.95. The van der Waals surface area contributed by atoms with Crippen molar-refractivity contribution in [1.29, 1.82) is 0 Å². The molecule has 0 aliphatic heterocycles. The smallest absolute Gasteiger partial charge is 0.191 e. The van der Waals surface area contributed by atoms with Crippen LogP contribution in [0.15, 0.2) is 23.2 Å². The Balaban J connectivity index is 0.00000676. The second-order valence-electron chi connectivity index (χ2n) is 6.48. The molecule has 27 heavy (non-hydrogen) atoms. The van der Waals surface area contributed by atoms with E-state index in [1.165, 1.54) is 0 Å². The number of nitrogens with one attached hydrogen (secondary N) is 2. The van der Waals surface area contributed by atoms with Crippen molar-refractivity contribution in [2.45, 2.75) is 40.2 Å². The van der Waals surface area contributed by atoms with Gasteiger partial charge in [-0.2, -0.15) is 0 Å². The van der Waals surface area contributed by atoms with Crippen LogP contribution < -0.4 is 20.1 Å². The van der Waals surface area contributed by atoms with E-state index >= 15 is 0 Å². The normalized spacial score (nSPS) is 11.1. The van der Waals surface area contributed by atoms with Gasteiger partial charge in [-0.05, 0) is 36.5 Å². The van der Waals surface area contributed by atoms with Crippen molar-refractivity contribution < 1.29 is 14.2 Å². The molecule has 0 aliphatic rings. The van der Waals surface area contributed by atoms with Gasteiger partial charge in [0.05, 0.1) is 20.3 Å². The minimum atomic E-state index is 0. The standard InChI is InChI=1S/C20H35N3O3.HI/c1-6-11-26-18-8-7-17(14-19(18)24-5)15-23-20(21-4)22-10-13-25-12-9-16(2)3;/h7-8,14,16H,6,9-13,15H2,1-5H3,(H2,21,22,23);1H. The third-order valence-electron chi connectivity index (χ3n) is 3.75. The highest BCUT2D eigenvalue weighted by atomic mass is 127. The van der Waals surface area contributed by atoms with Crippen LogP contribution in [0.1, 0.15) is 39.2 Å². The second kappa shape index (κ2) is 15.8. The Morgan fingerprint density at radius 2 is 1.89 bits per heavy atom. The van der Waals surface area contributed by atoms with Crippen molar-refractivity contribution in [2.24, 2.45) is 10.9 Å². The molecule has 6 nitrogen and oxygen atoms in total. The molecular weight excluding hydrogens is 457 g/mol. The number of aliphatic imine (C=N–C) groups is 1. The number of nitrogens with zero attached hydrogens (tertiary/aromatic N) is 1. The van der Waals surface area contributed by atoms with Crippen LogP contribution >= 0.6 is 24.0 Å². The summed E-state index contributed by atoms with van der Waals surface area (Å²) in [6.45, 7) is 10.0. The molecular formula is C20H36IN3O3. The van der Waals surface area contributed by atoms with Crippen LogP contribution in [-0.4, -0.2) is 46.5 Å². The number of hydrogen-bond acceptors (Lipinski definition) is 4. The van der Waals surface area contributed by atoms with Crippen LogP contribution in [0.2, 0.25) is 0 Å². The fourth-order valence-electron chi connectivity index (χ4n) is 2.22. The molecule has 0 saturated heterocycles. The van der Waals surface area contributed by atoms with E-state index in [-0.39, 0.29) is 24.0 Å². The van der Waals surface area contributed by atoms with Gasteiger partial charge in [0, 0.05) is 26.7 Å². The molecule has 7 heteroatoms. The van der Waals surface area contributed by atoms with Gasteiger partial charge in [0.2, 0.25) is 0 Å². The molecule has 0 amide bonds. The molecule has 0 saturated carbocycles. The monoisotopic (exact) mass is 493 g/mol. The summed E-state index contributed by atoms with van der Waals surface area (Å²) in [5, 5.41) is 6.55. The maximum atomic E-state index is 5.68. The van der Waals surface area contributed by atoms with Crippen LogP contribution in [-0.2, 0) is 11.3 Å². The molecule has 0 unspecified atom stereocenters. The van der Waals surface area contributed by atoms with Gasteiger partial charge >= 0.3 is 0 Å². The van der Waals surface area contributed by atoms with Crippen molar-refractivity contribution in [2.75, 3.05) is 40.5 Å². The van der Waals surface area contributed by atoms with E-state index in [0.29, 0.717) is 25.7 Å². The average Bonchev–Trinajstić information content (AvgIpc) is 2.65. The Kier molecular flexibility index (Phi) is 15.1. The summed E-state index contributed by atoms with van der Waals surface area (Å²) >= 11 is 0. The fraction of sp³-hybridized carbons (Fsp3) is 0.650. The van der Waals surface area contributed by atoms with E-state index in [1.807, 2.05) is 18.2 Å². The molecule has 1 aromatic rings. The number of methoxy groups -OCH3 is 1. The molecule has 1 aromatic carbocycles. The Labute approximate surface area is 181 Å². The lowest BCUT2D eigenvalue weighted by Gasteiger charge is -2.14. The maximum absolute atomic E-state index is 5.68. The topological polar surface area (TPSA) is 64.1 Å². The molecule has 0 fully saturated rings. The summed E-state index contributed by atoms with van der Waals surface area (Å²) in [6.07, 6.45) is 2.06. The molecule has 2 N–H and O–H groups in total. The van der Waals surface area contributed by atoms with E-state index in [4.69, 9.17) is 14.2 Å². The van der Waals surface area contributed by atoms with Gasteiger partial charge in [0.25, 0.3) is 0 Å². The molecule has 156 valence electrons. The zero-order chi connectivity index (χ0) is 19.2. The highest BCUT2D eigenvalue weighted by Gasteiger charge is 2.06. The number of halogens is 1. The number of guanidine groups is 1. The van der Waals surface area contributed by atoms with Gasteiger partial charge in [0.15, 0.2) is 17.5 Å². The van der Waals surface area contributed by atoms with Crippen molar-refractivity contribution in [3.63, 3.8) is 0 Å². The second-order valence-corrected chi connectivity index (χ2v) is 6.48. The van der Waals surface area contributed by atoms with E-state index in [1.54, 1.807) is 14.2 Å². The van der Waals surface area contributed by atoms with Crippen molar-refractivity contribution in [3.8, 4) is 11.5 Å². The highest BCUT2D eigenvalue weighted by molar-refractivity contribution is 14.0. The highest BCUT2D eigenvalue weighted by Crippen LogP contribution is 2.28. The van der Waals surface area contributed by atoms with E-state index < -0.39 is 0 Å². The molecule has 0 aliphatic carbocycles. The first-order valence-electron chi connectivity index (χ1n) is 9.42. The molecule has 0 atom stereocenters. The lowest BCUT2D eigenvalue weighted by atomic mass is 10.1. The van der Waals surface area contributed by atoms with Gasteiger partial charge in [-0.3, -0.25) is 4.99 Å². The maximum Gasteiger partial charge on any atom is 0.191 e. The number of ether oxygens (including phenoxy) is 3. The van der Waals surface area contributed by atoms with Crippen LogP contribution in [0.5, 0.6) is 11.5 Å². The Morgan fingerprint density at radius 1 is 1.11 bits per heavy atom. The number of rotatable bonds is 12. The van der Waals surface area contributed by atoms with Gasteiger partial charge < -0.3 is 24.8 Å². The SMILES string of the molecule is CCCOc1ccc(CNC(=NC)NCCOCCC(C)C)cc1OC.I. The van der Waals surface area contributed by atoms with E-state index in [2.05, 4.69) is 36.4 Å². The average molecular weight is 493 g/mol. The van der Waals surface area contributed by atoms with Crippen molar-refractivity contribution in [3.05, 3.63) is 23.8 Å². The van der Waals surface area contributed by atoms with E-state index in [0.717, 1.165) is 49.0 Å². The quantitative estimate of drug-likeness (QED) is 0.201. The lowest BCUT2D eigenvalue weighted by Crippen LogP contribution is -2.38. The molecule has 0 heterocycles. The van der Waals surface area contributed by atoms with Gasteiger partial charge in [-0.1, -0.05) is 26.8 Å². The summed E-state index contributed by atoms with van der Waals surface area (Å²) in [7, 11) is 3.42. The first kappa shape index (κ1) is 25.8. The van der Waals surface area contributed by atoms with Crippen molar-refractivity contribution in [1.82, 2.24) is 10.6 Å². The summed E-state index contributed by atoms with van der Waals surface area (Å²) in [5.41, 5.74) is 1.10. The summed E-state index contributed by atoms with van der Waals surface area (Å²) in [4.78, 5) is 4.23. The van der Waals surface area contributed by atoms with Gasteiger partial charge in [0.1, 0.15) is 0 Å². The van der Waals surface area contributed by atoms with Crippen molar-refractivity contribution >= 4 is 29.9 Å². The predicted octanol–water partition coefficient (Wildman–Crippen LogP) is 3.83. The largest absolute Gasteiger partial charge is 0.493 e. The van der Waals surface area contributed by atoms with Gasteiger partial charge in [-0.15, -0.1) is 24.0 Å². The lowest BCUT2D eigenvalue weighted by molar-refractivity contribution is 0.128. The number of benzene rings is 1. The molecule has 0 radical (unpaired) electrons.